The van der Waals surface area contributed by atoms with Gasteiger partial charge in [0.2, 0.25) is 0 Å². The van der Waals surface area contributed by atoms with Crippen LogP contribution in [0.5, 0.6) is 5.75 Å². The zero-order valence-electron chi connectivity index (χ0n) is 16.1. The summed E-state index contributed by atoms with van der Waals surface area (Å²) in [6.45, 7) is 0. The maximum atomic E-state index is 12.8. The molecule has 1 heterocycles. The number of carbonyl (C=O) groups excluding carboxylic acids is 1. The lowest BCUT2D eigenvalue weighted by atomic mass is 9.99. The predicted molar refractivity (Wildman–Crippen MR) is 108 cm³/mol. The second-order valence-corrected chi connectivity index (χ2v) is 7.52. The lowest BCUT2D eigenvalue weighted by Gasteiger charge is -2.32. The number of amides is 1. The molecule has 2 unspecified atom stereocenters. The minimum atomic E-state index is 0.0765. The third kappa shape index (κ3) is 2.45. The lowest BCUT2D eigenvalue weighted by Crippen LogP contribution is -3.16. The van der Waals surface area contributed by atoms with Gasteiger partial charge in [-0.25, -0.2) is 5.01 Å². The van der Waals surface area contributed by atoms with Gasteiger partial charge in [0.25, 0.3) is 5.91 Å². The zero-order valence-corrected chi connectivity index (χ0v) is 16.1. The van der Waals surface area contributed by atoms with E-state index >= 15 is 0 Å². The molecule has 1 saturated heterocycles. The Morgan fingerprint density at radius 3 is 2.04 bits per heavy atom. The third-order valence-corrected chi connectivity index (χ3v) is 6.14. The van der Waals surface area contributed by atoms with Gasteiger partial charge in [-0.2, -0.15) is 5.01 Å². The summed E-state index contributed by atoms with van der Waals surface area (Å²) >= 11 is 0. The van der Waals surface area contributed by atoms with E-state index in [1.54, 1.807) is 7.11 Å². The number of quaternary nitrogens is 1. The van der Waals surface area contributed by atoms with E-state index in [1.807, 2.05) is 24.2 Å². The summed E-state index contributed by atoms with van der Waals surface area (Å²) in [6.07, 6.45) is 0.513. The second kappa shape index (κ2) is 6.50. The van der Waals surface area contributed by atoms with Crippen molar-refractivity contribution >= 4 is 5.91 Å². The Morgan fingerprint density at radius 2 is 1.46 bits per heavy atom. The quantitative estimate of drug-likeness (QED) is 0.767. The van der Waals surface area contributed by atoms with Crippen LogP contribution in [0.4, 0.5) is 0 Å². The van der Waals surface area contributed by atoms with Gasteiger partial charge in [-0.15, -0.1) is 0 Å². The molecule has 3 aromatic carbocycles. The number of methoxy groups -OCH3 is 1. The molecular weight excluding hydrogens is 348 g/mol. The zero-order chi connectivity index (χ0) is 19.3. The molecule has 1 N–H and O–H groups in total. The third-order valence-electron chi connectivity index (χ3n) is 6.14. The number of fused-ring (bicyclic) bond motifs is 3. The van der Waals surface area contributed by atoms with Crippen LogP contribution in [-0.4, -0.2) is 25.1 Å². The van der Waals surface area contributed by atoms with E-state index in [2.05, 4.69) is 60.7 Å². The molecule has 3 aromatic rings. The Balaban J connectivity index is 1.64. The van der Waals surface area contributed by atoms with Crippen molar-refractivity contribution in [3.8, 4) is 16.9 Å². The highest BCUT2D eigenvalue weighted by Gasteiger charge is 2.49. The Kier molecular flexibility index (Phi) is 3.95. The molecule has 0 aromatic heterocycles. The van der Waals surface area contributed by atoms with Gasteiger partial charge in [0.1, 0.15) is 11.8 Å². The maximum Gasteiger partial charge on any atom is 0.273 e. The van der Waals surface area contributed by atoms with Gasteiger partial charge in [0.05, 0.1) is 20.6 Å². The molecule has 140 valence electrons. The van der Waals surface area contributed by atoms with Gasteiger partial charge in [-0.1, -0.05) is 48.5 Å². The first kappa shape index (κ1) is 17.0. The van der Waals surface area contributed by atoms with E-state index in [9.17, 15) is 4.79 Å². The molecule has 0 spiro atoms. The average Bonchev–Trinajstić information content (AvgIpc) is 3.22. The molecule has 4 nitrogen and oxygen atoms in total. The Labute approximate surface area is 164 Å². The van der Waals surface area contributed by atoms with E-state index in [1.165, 1.54) is 27.3 Å². The van der Waals surface area contributed by atoms with Gasteiger partial charge >= 0.3 is 0 Å². The Bertz CT molecular complexity index is 999. The fraction of sp³-hybridized carbons (Fsp3) is 0.208. The molecule has 1 aliphatic heterocycles. The largest absolute Gasteiger partial charge is 0.497 e. The van der Waals surface area contributed by atoms with Crippen molar-refractivity contribution in [2.45, 2.75) is 18.5 Å². The van der Waals surface area contributed by atoms with Crippen LogP contribution in [0.1, 0.15) is 35.2 Å². The van der Waals surface area contributed by atoms with Crippen LogP contribution >= 0.6 is 0 Å². The number of nitrogens with one attached hydrogen (secondary N) is 1. The van der Waals surface area contributed by atoms with Crippen LogP contribution in [0.25, 0.3) is 11.1 Å². The van der Waals surface area contributed by atoms with E-state index in [4.69, 9.17) is 4.74 Å². The SMILES string of the molecule is COc1ccc(C2CC(=O)N(C)[NH+]2C2c3ccccc3-c3ccccc32)cc1. The molecule has 5 rings (SSSR count). The van der Waals surface area contributed by atoms with Crippen LogP contribution in [0.2, 0.25) is 0 Å². The van der Waals surface area contributed by atoms with Crippen LogP contribution in [-0.2, 0) is 4.79 Å². The molecule has 0 bridgehead atoms. The van der Waals surface area contributed by atoms with Crippen molar-refractivity contribution in [1.29, 1.82) is 0 Å². The van der Waals surface area contributed by atoms with E-state index in [-0.39, 0.29) is 18.0 Å². The van der Waals surface area contributed by atoms with Crippen molar-refractivity contribution in [3.63, 3.8) is 0 Å². The average molecular weight is 371 g/mol. The molecular formula is C24H23N2O2+. The van der Waals surface area contributed by atoms with Crippen LogP contribution < -0.4 is 9.75 Å². The first-order valence-corrected chi connectivity index (χ1v) is 9.64. The van der Waals surface area contributed by atoms with Gasteiger partial charge in [0.15, 0.2) is 6.04 Å². The van der Waals surface area contributed by atoms with Crippen LogP contribution in [0.15, 0.2) is 72.8 Å². The highest BCUT2D eigenvalue weighted by molar-refractivity contribution is 5.79. The number of nitrogens with zero attached hydrogens (tertiary/aromatic N) is 1. The van der Waals surface area contributed by atoms with Gasteiger partial charge < -0.3 is 4.74 Å². The van der Waals surface area contributed by atoms with E-state index < -0.39 is 0 Å². The summed E-state index contributed by atoms with van der Waals surface area (Å²) in [6, 6.07) is 25.5. The first-order chi connectivity index (χ1) is 13.7. The van der Waals surface area contributed by atoms with Crippen molar-refractivity contribution in [2.75, 3.05) is 14.2 Å². The highest BCUT2D eigenvalue weighted by atomic mass is 16.5. The molecule has 0 saturated carbocycles. The fourth-order valence-corrected chi connectivity index (χ4v) is 4.79. The second-order valence-electron chi connectivity index (χ2n) is 7.52. The van der Waals surface area contributed by atoms with Crippen LogP contribution in [0.3, 0.4) is 0 Å². The number of hydrogen-bond acceptors (Lipinski definition) is 2. The fourth-order valence-electron chi connectivity index (χ4n) is 4.79. The number of benzene rings is 3. The highest BCUT2D eigenvalue weighted by Crippen LogP contribution is 2.43. The molecule has 1 aliphatic carbocycles. The van der Waals surface area contributed by atoms with E-state index in [0.717, 1.165) is 11.3 Å². The number of hydrogen-bond donors (Lipinski definition) is 1. The standard InChI is InChI=1S/C24H22N2O2/c1-25-23(27)15-22(16-11-13-17(28-2)14-12-16)26(25)24-20-9-5-3-7-18(20)19-8-4-6-10-21(19)24/h3-14,22,24H,15H2,1-2H3/p+1. The number of rotatable bonds is 3. The minimum Gasteiger partial charge on any atom is -0.497 e. The Hall–Kier alpha value is -3.11. The summed E-state index contributed by atoms with van der Waals surface area (Å²) in [5.41, 5.74) is 6.29. The van der Waals surface area contributed by atoms with Gasteiger partial charge in [0, 0.05) is 16.7 Å². The van der Waals surface area contributed by atoms with E-state index in [0.29, 0.717) is 6.42 Å². The Morgan fingerprint density at radius 1 is 0.893 bits per heavy atom. The van der Waals surface area contributed by atoms with Gasteiger partial charge in [-0.05, 0) is 35.4 Å². The topological polar surface area (TPSA) is 34.0 Å². The maximum absolute atomic E-state index is 12.8. The summed E-state index contributed by atoms with van der Waals surface area (Å²) in [5, 5.41) is 3.06. The van der Waals surface area contributed by atoms with Crippen molar-refractivity contribution < 1.29 is 14.5 Å². The lowest BCUT2D eigenvalue weighted by molar-refractivity contribution is -1.04. The summed E-state index contributed by atoms with van der Waals surface area (Å²) in [7, 11) is 3.59. The predicted octanol–water partition coefficient (Wildman–Crippen LogP) is 3.17. The van der Waals surface area contributed by atoms with Crippen LogP contribution in [0, 0.1) is 0 Å². The van der Waals surface area contributed by atoms with Crippen molar-refractivity contribution in [2.24, 2.45) is 0 Å². The molecule has 1 fully saturated rings. The van der Waals surface area contributed by atoms with Gasteiger partial charge in [-0.3, -0.25) is 4.79 Å². The molecule has 2 atom stereocenters. The number of carbonyl (C=O) groups is 1. The molecule has 2 aliphatic rings. The molecule has 28 heavy (non-hydrogen) atoms. The summed E-state index contributed by atoms with van der Waals surface area (Å²) < 4.78 is 5.31. The first-order valence-electron chi connectivity index (χ1n) is 9.64. The monoisotopic (exact) mass is 371 g/mol. The molecule has 4 heteroatoms. The number of ether oxygens (including phenoxy) is 1. The normalized spacial score (nSPS) is 20.9. The summed E-state index contributed by atoms with van der Waals surface area (Å²) in [4.78, 5) is 12.8. The van der Waals surface area contributed by atoms with Crippen molar-refractivity contribution in [3.05, 3.63) is 89.5 Å². The smallest absolute Gasteiger partial charge is 0.273 e. The summed E-state index contributed by atoms with van der Waals surface area (Å²) in [5.74, 6) is 1.01. The van der Waals surface area contributed by atoms with Crippen molar-refractivity contribution in [1.82, 2.24) is 5.01 Å². The molecule has 1 amide bonds. The minimum absolute atomic E-state index is 0.0765. The molecule has 0 radical (unpaired) electrons.